The number of aromatic nitrogens is 3. The zero-order valence-corrected chi connectivity index (χ0v) is 32.7. The van der Waals surface area contributed by atoms with Crippen molar-refractivity contribution in [2.24, 2.45) is 35.5 Å². The molecule has 0 aliphatic heterocycles. The molecule has 0 saturated heterocycles. The van der Waals surface area contributed by atoms with Gasteiger partial charge < -0.3 is 4.42 Å². The predicted octanol–water partition coefficient (Wildman–Crippen LogP) is 13.4. The second-order valence-electron chi connectivity index (χ2n) is 19.7. The zero-order chi connectivity index (χ0) is 37.3. The number of hydrogen-bond donors (Lipinski definition) is 0. The van der Waals surface area contributed by atoms with E-state index in [0.717, 1.165) is 69.2 Å². The topological polar surface area (TPSA) is 51.8 Å². The van der Waals surface area contributed by atoms with Crippen LogP contribution in [-0.4, -0.2) is 15.0 Å². The van der Waals surface area contributed by atoms with Gasteiger partial charge in [0, 0.05) is 38.6 Å². The molecule has 8 aliphatic carbocycles. The van der Waals surface area contributed by atoms with Crippen molar-refractivity contribution in [2.45, 2.75) is 87.9 Å². The van der Waals surface area contributed by atoms with Gasteiger partial charge in [-0.15, -0.1) is 0 Å². The van der Waals surface area contributed by atoms with E-state index in [0.29, 0.717) is 11.6 Å². The Morgan fingerprint density at radius 3 is 1.11 bits per heavy atom. The predicted molar refractivity (Wildman–Crippen MR) is 229 cm³/mol. The van der Waals surface area contributed by atoms with E-state index in [9.17, 15) is 0 Å². The van der Waals surface area contributed by atoms with E-state index < -0.39 is 0 Å². The quantitative estimate of drug-likeness (QED) is 0.170. The Morgan fingerprint density at radius 1 is 0.368 bits per heavy atom. The molecule has 15 rings (SSSR count). The molecule has 0 unspecified atom stereocenters. The lowest BCUT2D eigenvalue weighted by molar-refractivity contribution is -0.00517. The summed E-state index contributed by atoms with van der Waals surface area (Å²) in [5.74, 6) is 7.18. The highest BCUT2D eigenvalue weighted by molar-refractivity contribution is 6.10. The maximum Gasteiger partial charge on any atom is 0.164 e. The molecule has 0 N–H and O–H groups in total. The molecule has 0 radical (unpaired) electrons. The van der Waals surface area contributed by atoms with E-state index in [2.05, 4.69) is 115 Å². The first-order valence-corrected chi connectivity index (χ1v) is 22.0. The van der Waals surface area contributed by atoms with Crippen LogP contribution in [0.2, 0.25) is 0 Å². The number of hydrogen-bond acceptors (Lipinski definition) is 4. The van der Waals surface area contributed by atoms with Crippen LogP contribution >= 0.6 is 0 Å². The van der Waals surface area contributed by atoms with E-state index in [1.165, 1.54) is 110 Å². The van der Waals surface area contributed by atoms with Crippen LogP contribution in [0.4, 0.5) is 0 Å². The maximum atomic E-state index is 7.61. The molecule has 57 heavy (non-hydrogen) atoms. The first-order chi connectivity index (χ1) is 28.0. The van der Waals surface area contributed by atoms with E-state index in [1.807, 2.05) is 0 Å². The summed E-state index contributed by atoms with van der Waals surface area (Å²) in [7, 11) is 0. The highest BCUT2D eigenvalue weighted by Crippen LogP contribution is 2.64. The van der Waals surface area contributed by atoms with Crippen molar-refractivity contribution in [3.8, 4) is 45.3 Å². The number of rotatable bonds is 6. The summed E-state index contributed by atoms with van der Waals surface area (Å²) in [6.07, 6.45) is 16.3. The van der Waals surface area contributed by atoms with Crippen LogP contribution in [0.25, 0.3) is 67.2 Å². The summed E-state index contributed by atoms with van der Waals surface area (Å²) in [6.45, 7) is 0. The molecule has 8 saturated carbocycles. The Balaban J connectivity index is 1.10. The second-order valence-corrected chi connectivity index (χ2v) is 19.7. The van der Waals surface area contributed by atoms with Gasteiger partial charge >= 0.3 is 0 Å². The lowest BCUT2D eigenvalue weighted by Crippen LogP contribution is -2.48. The molecule has 4 heteroatoms. The third-order valence-corrected chi connectivity index (χ3v) is 16.0. The van der Waals surface area contributed by atoms with E-state index in [4.69, 9.17) is 19.4 Å². The van der Waals surface area contributed by atoms with Gasteiger partial charge in [-0.2, -0.15) is 0 Å². The van der Waals surface area contributed by atoms with Crippen molar-refractivity contribution in [1.29, 1.82) is 0 Å². The molecule has 0 atom stereocenters. The van der Waals surface area contributed by atoms with Gasteiger partial charge in [0.15, 0.2) is 17.5 Å². The van der Waals surface area contributed by atoms with Gasteiger partial charge in [-0.3, -0.25) is 0 Å². The smallest absolute Gasteiger partial charge is 0.164 e. The van der Waals surface area contributed by atoms with E-state index in [1.54, 1.807) is 0 Å². The molecule has 282 valence electrons. The van der Waals surface area contributed by atoms with Gasteiger partial charge in [0.05, 0.1) is 0 Å². The molecule has 8 aliphatic rings. The summed E-state index contributed by atoms with van der Waals surface area (Å²) in [4.78, 5) is 15.7. The standard InChI is InChI=1S/C53H49N3O/c1-4-10-38(11-5-1)41-22-43-44-23-42(51-55-49(39-12-6-2-7-13-39)54-50(56-51)40-14-8-3-9-15-40)25-46(53-29-35-19-36(30-53)21-37(20-35)31-53)48(44)57-47(43)45(24-41)52-26-32-16-33(27-52)18-34(17-32)28-52/h1-15,22-25,32-37H,16-21,26-31H2. The minimum atomic E-state index is 0.123. The third kappa shape index (κ3) is 5.21. The molecule has 0 spiro atoms. The Labute approximate surface area is 335 Å². The number of nitrogens with zero attached hydrogens (tertiary/aromatic N) is 3. The fourth-order valence-corrected chi connectivity index (χ4v) is 14.5. The van der Waals surface area contributed by atoms with Crippen molar-refractivity contribution in [2.75, 3.05) is 0 Å². The Hall–Kier alpha value is -5.09. The lowest BCUT2D eigenvalue weighted by Gasteiger charge is -2.57. The molecule has 2 aromatic heterocycles. The van der Waals surface area contributed by atoms with Gasteiger partial charge in [0.2, 0.25) is 0 Å². The average molecular weight is 744 g/mol. The second kappa shape index (κ2) is 12.2. The summed E-state index contributed by atoms with van der Waals surface area (Å²) >= 11 is 0. The van der Waals surface area contributed by atoms with Crippen molar-refractivity contribution in [3.63, 3.8) is 0 Å². The summed E-state index contributed by atoms with van der Waals surface area (Å²) in [5, 5.41) is 2.51. The van der Waals surface area contributed by atoms with Crippen molar-refractivity contribution in [3.05, 3.63) is 126 Å². The number of fused-ring (bicyclic) bond motifs is 3. The first-order valence-electron chi connectivity index (χ1n) is 22.0. The van der Waals surface area contributed by atoms with Crippen molar-refractivity contribution in [1.82, 2.24) is 15.0 Å². The minimum Gasteiger partial charge on any atom is -0.455 e. The van der Waals surface area contributed by atoms with Gasteiger partial charge in [0.25, 0.3) is 0 Å². The summed E-state index contributed by atoms with van der Waals surface area (Å²) in [5.41, 5.74) is 11.2. The van der Waals surface area contributed by atoms with Crippen LogP contribution in [-0.2, 0) is 10.8 Å². The lowest BCUT2D eigenvalue weighted by atomic mass is 9.48. The Kier molecular flexibility index (Phi) is 7.06. The molecular formula is C53H49N3O. The van der Waals surface area contributed by atoms with Crippen LogP contribution in [0.5, 0.6) is 0 Å². The van der Waals surface area contributed by atoms with E-state index >= 15 is 0 Å². The van der Waals surface area contributed by atoms with Crippen LogP contribution in [0, 0.1) is 35.5 Å². The van der Waals surface area contributed by atoms with E-state index in [-0.39, 0.29) is 10.8 Å². The maximum absolute atomic E-state index is 7.61. The number of benzene rings is 5. The van der Waals surface area contributed by atoms with Crippen LogP contribution in [0.1, 0.15) is 88.2 Å². The molecule has 0 amide bonds. The molecule has 2 heterocycles. The largest absolute Gasteiger partial charge is 0.455 e. The summed E-state index contributed by atoms with van der Waals surface area (Å²) in [6, 6.07) is 41.9. The fourth-order valence-electron chi connectivity index (χ4n) is 14.5. The molecule has 7 aromatic rings. The normalized spacial score (nSPS) is 30.8. The molecule has 8 fully saturated rings. The highest BCUT2D eigenvalue weighted by atomic mass is 16.3. The first kappa shape index (κ1) is 32.9. The molecule has 4 nitrogen and oxygen atoms in total. The Morgan fingerprint density at radius 2 is 0.702 bits per heavy atom. The number of furan rings is 1. The SMILES string of the molecule is c1ccc(-c2cc(C34CC5CC(CC(C5)C3)C4)c3oc4c(C56CC7CC(CC(C7)C5)C6)cc(-c5nc(-c6ccccc6)nc(-c6ccccc6)n5)cc4c3c2)cc1. The monoisotopic (exact) mass is 743 g/mol. The fraction of sp³-hybridized carbons (Fsp3) is 0.377. The van der Waals surface area contributed by atoms with Gasteiger partial charge in [0.1, 0.15) is 11.2 Å². The summed E-state index contributed by atoms with van der Waals surface area (Å²) < 4.78 is 7.61. The van der Waals surface area contributed by atoms with Crippen LogP contribution < -0.4 is 0 Å². The molecule has 5 aromatic carbocycles. The molecule has 8 bridgehead atoms. The Bertz CT molecular complexity index is 2570. The zero-order valence-electron chi connectivity index (χ0n) is 32.7. The minimum absolute atomic E-state index is 0.123. The van der Waals surface area contributed by atoms with Crippen molar-refractivity contribution < 1.29 is 4.42 Å². The average Bonchev–Trinajstić information content (AvgIpc) is 3.61. The van der Waals surface area contributed by atoms with Crippen LogP contribution in [0.3, 0.4) is 0 Å². The van der Waals surface area contributed by atoms with Crippen molar-refractivity contribution >= 4 is 21.9 Å². The highest BCUT2D eigenvalue weighted by Gasteiger charge is 2.54. The van der Waals surface area contributed by atoms with Gasteiger partial charge in [-0.05, 0) is 159 Å². The third-order valence-electron chi connectivity index (χ3n) is 16.0. The van der Waals surface area contributed by atoms with Crippen LogP contribution in [0.15, 0.2) is 120 Å². The van der Waals surface area contributed by atoms with Gasteiger partial charge in [-0.1, -0.05) is 91.0 Å². The molecular weight excluding hydrogens is 695 g/mol. The van der Waals surface area contributed by atoms with Gasteiger partial charge in [-0.25, -0.2) is 15.0 Å².